The summed E-state index contributed by atoms with van der Waals surface area (Å²) in [5, 5.41) is 2.47. The lowest BCUT2D eigenvalue weighted by molar-refractivity contribution is -0.126. The Hall–Kier alpha value is -2.04. The SMILES string of the molecule is COc1ccc(CN2C(=O)NC(=O)C23CCCC3)cc1. The van der Waals surface area contributed by atoms with Crippen LogP contribution in [0.1, 0.15) is 31.2 Å². The zero-order valence-corrected chi connectivity index (χ0v) is 11.5. The fourth-order valence-electron chi connectivity index (χ4n) is 3.19. The summed E-state index contributed by atoms with van der Waals surface area (Å²) in [6.45, 7) is 0.460. The summed E-state index contributed by atoms with van der Waals surface area (Å²) in [5.41, 5.74) is 0.388. The number of amides is 3. The number of nitrogens with zero attached hydrogens (tertiary/aromatic N) is 1. The molecule has 1 aromatic rings. The molecule has 0 atom stereocenters. The van der Waals surface area contributed by atoms with Crippen LogP contribution in [0.2, 0.25) is 0 Å². The minimum Gasteiger partial charge on any atom is -0.497 e. The molecule has 106 valence electrons. The molecule has 0 aromatic heterocycles. The van der Waals surface area contributed by atoms with E-state index in [1.807, 2.05) is 24.3 Å². The van der Waals surface area contributed by atoms with Gasteiger partial charge in [-0.2, -0.15) is 0 Å². The van der Waals surface area contributed by atoms with Crippen LogP contribution >= 0.6 is 0 Å². The highest BCUT2D eigenvalue weighted by Crippen LogP contribution is 2.39. The van der Waals surface area contributed by atoms with Crippen LogP contribution in [0.5, 0.6) is 5.75 Å². The molecule has 1 heterocycles. The Morgan fingerprint density at radius 3 is 2.45 bits per heavy atom. The summed E-state index contributed by atoms with van der Waals surface area (Å²) in [7, 11) is 1.62. The van der Waals surface area contributed by atoms with Crippen molar-refractivity contribution in [2.75, 3.05) is 7.11 Å². The Morgan fingerprint density at radius 2 is 1.85 bits per heavy atom. The van der Waals surface area contributed by atoms with Gasteiger partial charge in [-0.05, 0) is 30.5 Å². The van der Waals surface area contributed by atoms with Gasteiger partial charge in [0.2, 0.25) is 0 Å². The average Bonchev–Trinajstić information content (AvgIpc) is 3.03. The molecular weight excluding hydrogens is 256 g/mol. The molecule has 1 aromatic carbocycles. The van der Waals surface area contributed by atoms with E-state index >= 15 is 0 Å². The van der Waals surface area contributed by atoms with Crippen LogP contribution in [0.3, 0.4) is 0 Å². The first-order valence-electron chi connectivity index (χ1n) is 6.92. The zero-order chi connectivity index (χ0) is 14.2. The van der Waals surface area contributed by atoms with Gasteiger partial charge in [-0.3, -0.25) is 10.1 Å². The third-order valence-electron chi connectivity index (χ3n) is 4.34. The molecular formula is C15H18N2O3. The molecule has 0 bridgehead atoms. The monoisotopic (exact) mass is 274 g/mol. The van der Waals surface area contributed by atoms with Crippen molar-refractivity contribution in [1.29, 1.82) is 0 Å². The Kier molecular flexibility index (Phi) is 3.12. The molecule has 3 amide bonds. The summed E-state index contributed by atoms with van der Waals surface area (Å²) >= 11 is 0. The third-order valence-corrected chi connectivity index (χ3v) is 4.34. The van der Waals surface area contributed by atoms with Gasteiger partial charge in [0, 0.05) is 6.54 Å². The van der Waals surface area contributed by atoms with Gasteiger partial charge in [0.1, 0.15) is 11.3 Å². The highest BCUT2D eigenvalue weighted by Gasteiger charge is 2.53. The lowest BCUT2D eigenvalue weighted by Gasteiger charge is -2.31. The minimum atomic E-state index is -0.614. The predicted molar refractivity (Wildman–Crippen MR) is 73.3 cm³/mol. The van der Waals surface area contributed by atoms with Crippen LogP contribution in [0.25, 0.3) is 0 Å². The van der Waals surface area contributed by atoms with Crippen molar-refractivity contribution >= 4 is 11.9 Å². The van der Waals surface area contributed by atoms with E-state index in [0.29, 0.717) is 6.54 Å². The van der Waals surface area contributed by atoms with Crippen molar-refractivity contribution < 1.29 is 14.3 Å². The summed E-state index contributed by atoms with van der Waals surface area (Å²) in [6, 6.07) is 7.32. The first kappa shape index (κ1) is 13.0. The Bertz CT molecular complexity index is 533. The molecule has 5 heteroatoms. The largest absolute Gasteiger partial charge is 0.497 e. The van der Waals surface area contributed by atoms with Crippen LogP contribution in [0.15, 0.2) is 24.3 Å². The maximum absolute atomic E-state index is 12.1. The van der Waals surface area contributed by atoms with Crippen LogP contribution in [-0.4, -0.2) is 29.5 Å². The van der Waals surface area contributed by atoms with E-state index in [4.69, 9.17) is 4.74 Å². The number of imide groups is 1. The topological polar surface area (TPSA) is 58.6 Å². The van der Waals surface area contributed by atoms with E-state index in [-0.39, 0.29) is 11.9 Å². The van der Waals surface area contributed by atoms with Crippen LogP contribution in [-0.2, 0) is 11.3 Å². The number of benzene rings is 1. The van der Waals surface area contributed by atoms with Gasteiger partial charge < -0.3 is 9.64 Å². The number of carbonyl (C=O) groups excluding carboxylic acids is 2. The molecule has 5 nitrogen and oxygen atoms in total. The average molecular weight is 274 g/mol. The van der Waals surface area contributed by atoms with Crippen molar-refractivity contribution in [3.05, 3.63) is 29.8 Å². The van der Waals surface area contributed by atoms with E-state index in [0.717, 1.165) is 37.0 Å². The van der Waals surface area contributed by atoms with Crippen molar-refractivity contribution in [2.45, 2.75) is 37.8 Å². The summed E-state index contributed by atoms with van der Waals surface area (Å²) in [4.78, 5) is 25.9. The number of hydrogen-bond donors (Lipinski definition) is 1. The molecule has 1 spiro atoms. The van der Waals surface area contributed by atoms with Gasteiger partial charge in [-0.15, -0.1) is 0 Å². The molecule has 1 aliphatic carbocycles. The minimum absolute atomic E-state index is 0.131. The van der Waals surface area contributed by atoms with Crippen molar-refractivity contribution in [3.8, 4) is 5.75 Å². The molecule has 1 saturated heterocycles. The van der Waals surface area contributed by atoms with Crippen LogP contribution < -0.4 is 10.1 Å². The summed E-state index contributed by atoms with van der Waals surface area (Å²) in [5.74, 6) is 0.653. The quantitative estimate of drug-likeness (QED) is 0.858. The number of nitrogens with one attached hydrogen (secondary N) is 1. The summed E-state index contributed by atoms with van der Waals surface area (Å²) in [6.07, 6.45) is 3.53. The molecule has 1 aliphatic heterocycles. The summed E-state index contributed by atoms with van der Waals surface area (Å²) < 4.78 is 5.12. The second-order valence-electron chi connectivity index (χ2n) is 5.43. The maximum Gasteiger partial charge on any atom is 0.325 e. The van der Waals surface area contributed by atoms with E-state index in [1.54, 1.807) is 12.0 Å². The lowest BCUT2D eigenvalue weighted by Crippen LogP contribution is -2.46. The van der Waals surface area contributed by atoms with E-state index in [1.165, 1.54) is 0 Å². The number of hydrogen-bond acceptors (Lipinski definition) is 3. The number of methoxy groups -OCH3 is 1. The zero-order valence-electron chi connectivity index (χ0n) is 11.5. The molecule has 0 unspecified atom stereocenters. The highest BCUT2D eigenvalue weighted by molar-refractivity contribution is 6.07. The van der Waals surface area contributed by atoms with Crippen LogP contribution in [0.4, 0.5) is 4.79 Å². The first-order chi connectivity index (χ1) is 9.65. The number of ether oxygens (including phenoxy) is 1. The molecule has 0 radical (unpaired) electrons. The number of carbonyl (C=O) groups is 2. The van der Waals surface area contributed by atoms with Gasteiger partial charge in [0.05, 0.1) is 7.11 Å². The molecule has 2 fully saturated rings. The van der Waals surface area contributed by atoms with Crippen molar-refractivity contribution in [3.63, 3.8) is 0 Å². The fourth-order valence-corrected chi connectivity index (χ4v) is 3.19. The Morgan fingerprint density at radius 1 is 1.20 bits per heavy atom. The normalized spacial score (nSPS) is 20.6. The van der Waals surface area contributed by atoms with Gasteiger partial charge >= 0.3 is 6.03 Å². The van der Waals surface area contributed by atoms with Gasteiger partial charge in [0.25, 0.3) is 5.91 Å². The molecule has 20 heavy (non-hydrogen) atoms. The fraction of sp³-hybridized carbons (Fsp3) is 0.467. The van der Waals surface area contributed by atoms with E-state index in [2.05, 4.69) is 5.32 Å². The predicted octanol–water partition coefficient (Wildman–Crippen LogP) is 2.06. The van der Waals surface area contributed by atoms with E-state index < -0.39 is 5.54 Å². The van der Waals surface area contributed by atoms with Gasteiger partial charge in [0.15, 0.2) is 0 Å². The van der Waals surface area contributed by atoms with E-state index in [9.17, 15) is 9.59 Å². The standard InChI is InChI=1S/C15H18N2O3/c1-20-12-6-4-11(5-7-12)10-17-14(19)16-13(18)15(17)8-2-3-9-15/h4-7H,2-3,8-10H2,1H3,(H,16,18,19). The molecule has 3 rings (SSSR count). The smallest absolute Gasteiger partial charge is 0.325 e. The second-order valence-corrected chi connectivity index (χ2v) is 5.43. The first-order valence-corrected chi connectivity index (χ1v) is 6.92. The van der Waals surface area contributed by atoms with Crippen molar-refractivity contribution in [2.24, 2.45) is 0 Å². The van der Waals surface area contributed by atoms with Gasteiger partial charge in [-0.25, -0.2) is 4.79 Å². The third kappa shape index (κ3) is 1.94. The molecule has 1 saturated carbocycles. The maximum atomic E-state index is 12.1. The van der Waals surface area contributed by atoms with Crippen molar-refractivity contribution in [1.82, 2.24) is 10.2 Å². The Labute approximate surface area is 117 Å². The highest BCUT2D eigenvalue weighted by atomic mass is 16.5. The van der Waals surface area contributed by atoms with Crippen LogP contribution in [0, 0.1) is 0 Å². The number of urea groups is 1. The van der Waals surface area contributed by atoms with Gasteiger partial charge in [-0.1, -0.05) is 25.0 Å². The Balaban J connectivity index is 1.84. The second kappa shape index (κ2) is 4.81. The molecule has 1 N–H and O–H groups in total. The lowest BCUT2D eigenvalue weighted by atomic mass is 9.95. The number of rotatable bonds is 3. The molecule has 2 aliphatic rings.